The Balaban J connectivity index is 2.19. The number of nitrogens with zero attached hydrogens (tertiary/aromatic N) is 1. The van der Waals surface area contributed by atoms with Crippen LogP contribution in [-0.2, 0) is 14.3 Å². The molecule has 0 radical (unpaired) electrons. The second-order valence-corrected chi connectivity index (χ2v) is 4.02. The molecule has 0 unspecified atom stereocenters. The van der Waals surface area contributed by atoms with Crippen molar-refractivity contribution < 1.29 is 34.4 Å². The molecule has 4 atom stereocenters. The number of aliphatic hydroxyl groups is 3. The van der Waals surface area contributed by atoms with E-state index < -0.39 is 55.4 Å². The quantitative estimate of drug-likeness (QED) is 0.386. The van der Waals surface area contributed by atoms with E-state index >= 15 is 0 Å². The third-order valence-corrected chi connectivity index (χ3v) is 2.82. The van der Waals surface area contributed by atoms with Crippen LogP contribution in [0.2, 0.25) is 0 Å². The summed E-state index contributed by atoms with van der Waals surface area (Å²) in [6.07, 6.45) is -6.01. The molecule has 2 aliphatic heterocycles. The lowest BCUT2D eigenvalue weighted by molar-refractivity contribution is -0.150. The van der Waals surface area contributed by atoms with Crippen molar-refractivity contribution in [2.75, 3.05) is 6.61 Å². The molecule has 0 aromatic heterocycles. The van der Waals surface area contributed by atoms with Crippen LogP contribution in [0.15, 0.2) is 0 Å². The lowest BCUT2D eigenvalue weighted by Crippen LogP contribution is -2.59. The normalized spacial score (nSPS) is 37.1. The highest BCUT2D eigenvalue weighted by atomic mass is 16.6. The monoisotopic (exact) mass is 260 g/mol. The number of carbonyl (C=O) groups is 3. The number of hydrogen-bond donors (Lipinski definition) is 4. The molecule has 2 rings (SSSR count). The molecule has 9 nitrogen and oxygen atoms in total. The van der Waals surface area contributed by atoms with Crippen LogP contribution in [0.25, 0.3) is 0 Å². The summed E-state index contributed by atoms with van der Waals surface area (Å²) >= 11 is 0. The van der Waals surface area contributed by atoms with Gasteiger partial charge in [-0.1, -0.05) is 0 Å². The minimum Gasteiger partial charge on any atom is -0.394 e. The summed E-state index contributed by atoms with van der Waals surface area (Å²) in [5.41, 5.74) is 0. The van der Waals surface area contributed by atoms with Crippen molar-refractivity contribution in [3.8, 4) is 0 Å². The Morgan fingerprint density at radius 1 is 1.28 bits per heavy atom. The Labute approximate surface area is 101 Å². The average molecular weight is 260 g/mol. The van der Waals surface area contributed by atoms with E-state index in [1.807, 2.05) is 5.32 Å². The van der Waals surface area contributed by atoms with Gasteiger partial charge in [0.15, 0.2) is 6.23 Å². The lowest BCUT2D eigenvalue weighted by Gasteiger charge is -2.30. The smallest absolute Gasteiger partial charge is 0.333 e. The summed E-state index contributed by atoms with van der Waals surface area (Å²) in [5.74, 6) is -1.58. The molecule has 18 heavy (non-hydrogen) atoms. The Hall–Kier alpha value is -1.55. The Bertz CT molecular complexity index is 378. The molecule has 4 amide bonds. The van der Waals surface area contributed by atoms with Crippen LogP contribution < -0.4 is 5.32 Å². The van der Waals surface area contributed by atoms with Crippen LogP contribution in [0.3, 0.4) is 0 Å². The van der Waals surface area contributed by atoms with E-state index in [0.29, 0.717) is 4.90 Å². The molecule has 4 N–H and O–H groups in total. The molecule has 0 aliphatic carbocycles. The highest BCUT2D eigenvalue weighted by molar-refractivity contribution is 6.14. The molecule has 9 heteroatoms. The topological polar surface area (TPSA) is 136 Å². The standard InChI is InChI=1S/C9H12N2O7/c12-2-3-6(15)7(16)8(18-3)11-5(14)1-4(13)10-9(11)17/h3,6-8,12,15-16H,1-2H2,(H,10,13,17)/t3-,6+,7-,8+/m0/s1. The highest BCUT2D eigenvalue weighted by Crippen LogP contribution is 2.25. The van der Waals surface area contributed by atoms with Crippen LogP contribution in [0.4, 0.5) is 4.79 Å². The van der Waals surface area contributed by atoms with Gasteiger partial charge in [-0.15, -0.1) is 0 Å². The van der Waals surface area contributed by atoms with Gasteiger partial charge in [-0.3, -0.25) is 14.9 Å². The van der Waals surface area contributed by atoms with Gasteiger partial charge in [-0.25, -0.2) is 9.69 Å². The van der Waals surface area contributed by atoms with Gasteiger partial charge >= 0.3 is 6.03 Å². The predicted molar refractivity (Wildman–Crippen MR) is 52.8 cm³/mol. The fraction of sp³-hybridized carbons (Fsp3) is 0.667. The van der Waals surface area contributed by atoms with Gasteiger partial charge in [-0.05, 0) is 0 Å². The molecule has 100 valence electrons. The average Bonchev–Trinajstić information content (AvgIpc) is 2.56. The van der Waals surface area contributed by atoms with Gasteiger partial charge in [0.2, 0.25) is 11.8 Å². The molecule has 2 fully saturated rings. The number of barbiturate groups is 1. The number of aliphatic hydroxyl groups excluding tert-OH is 3. The molecule has 0 saturated carbocycles. The molecular weight excluding hydrogens is 248 g/mol. The number of nitrogens with one attached hydrogen (secondary N) is 1. The zero-order valence-corrected chi connectivity index (χ0v) is 9.15. The fourth-order valence-corrected chi connectivity index (χ4v) is 1.91. The van der Waals surface area contributed by atoms with Crippen LogP contribution in [0.1, 0.15) is 6.42 Å². The summed E-state index contributed by atoms with van der Waals surface area (Å²) in [4.78, 5) is 34.5. The van der Waals surface area contributed by atoms with Crippen molar-refractivity contribution in [2.45, 2.75) is 31.0 Å². The maximum Gasteiger partial charge on any atom is 0.333 e. The first-order valence-electron chi connectivity index (χ1n) is 5.24. The number of imide groups is 2. The first kappa shape index (κ1) is 12.9. The van der Waals surface area contributed by atoms with E-state index in [9.17, 15) is 24.6 Å². The van der Waals surface area contributed by atoms with E-state index in [-0.39, 0.29) is 0 Å². The van der Waals surface area contributed by atoms with Crippen molar-refractivity contribution in [3.63, 3.8) is 0 Å². The third-order valence-electron chi connectivity index (χ3n) is 2.82. The Kier molecular flexibility index (Phi) is 3.30. The number of ether oxygens (including phenoxy) is 1. The van der Waals surface area contributed by atoms with Crippen LogP contribution in [0, 0.1) is 0 Å². The Morgan fingerprint density at radius 2 is 1.94 bits per heavy atom. The van der Waals surface area contributed by atoms with Gasteiger partial charge in [0.05, 0.1) is 6.61 Å². The van der Waals surface area contributed by atoms with E-state index in [0.717, 1.165) is 0 Å². The first-order valence-corrected chi connectivity index (χ1v) is 5.24. The third kappa shape index (κ3) is 1.97. The summed E-state index contributed by atoms with van der Waals surface area (Å²) in [6, 6.07) is -1.02. The highest BCUT2D eigenvalue weighted by Gasteiger charge is 2.50. The number of urea groups is 1. The summed E-state index contributed by atoms with van der Waals surface area (Å²) in [7, 11) is 0. The summed E-state index contributed by atoms with van der Waals surface area (Å²) < 4.78 is 5.03. The summed E-state index contributed by atoms with van der Waals surface area (Å²) in [5, 5.41) is 30.0. The lowest BCUT2D eigenvalue weighted by atomic mass is 10.1. The van der Waals surface area contributed by atoms with Crippen molar-refractivity contribution in [2.24, 2.45) is 0 Å². The predicted octanol–water partition coefficient (Wildman–Crippen LogP) is -3.11. The van der Waals surface area contributed by atoms with Crippen molar-refractivity contribution in [1.82, 2.24) is 10.2 Å². The molecule has 0 aromatic rings. The molecule has 2 heterocycles. The van der Waals surface area contributed by atoms with Crippen molar-refractivity contribution in [1.29, 1.82) is 0 Å². The molecule has 0 aromatic carbocycles. The minimum absolute atomic E-state index is 0.533. The van der Waals surface area contributed by atoms with Crippen LogP contribution in [-0.4, -0.2) is 69.2 Å². The van der Waals surface area contributed by atoms with E-state index in [1.54, 1.807) is 0 Å². The van der Waals surface area contributed by atoms with Crippen molar-refractivity contribution in [3.05, 3.63) is 0 Å². The van der Waals surface area contributed by atoms with Crippen molar-refractivity contribution >= 4 is 17.8 Å². The molecular formula is C9H12N2O7. The maximum absolute atomic E-state index is 11.6. The maximum atomic E-state index is 11.6. The molecule has 2 aliphatic rings. The number of carbonyl (C=O) groups excluding carboxylic acids is 3. The largest absolute Gasteiger partial charge is 0.394 e. The fourth-order valence-electron chi connectivity index (χ4n) is 1.91. The van der Waals surface area contributed by atoms with E-state index in [2.05, 4.69) is 0 Å². The zero-order chi connectivity index (χ0) is 13.4. The van der Waals surface area contributed by atoms with Gasteiger partial charge in [0.1, 0.15) is 24.7 Å². The minimum atomic E-state index is -1.54. The van der Waals surface area contributed by atoms with E-state index in [4.69, 9.17) is 9.84 Å². The number of amides is 4. The van der Waals surface area contributed by atoms with Crippen LogP contribution >= 0.6 is 0 Å². The number of rotatable bonds is 2. The van der Waals surface area contributed by atoms with Gasteiger partial charge in [-0.2, -0.15) is 0 Å². The van der Waals surface area contributed by atoms with Gasteiger partial charge in [0, 0.05) is 0 Å². The summed E-state index contributed by atoms with van der Waals surface area (Å²) in [6.45, 7) is -0.572. The van der Waals surface area contributed by atoms with Gasteiger partial charge < -0.3 is 20.1 Å². The molecule has 2 saturated heterocycles. The second-order valence-electron chi connectivity index (χ2n) is 4.02. The SMILES string of the molecule is O=C1CC(=O)N([C@@H]2O[C@@H](CO)[C@@H](O)[C@@H]2O)C(=O)N1. The van der Waals surface area contributed by atoms with E-state index in [1.165, 1.54) is 0 Å². The second kappa shape index (κ2) is 4.61. The van der Waals surface area contributed by atoms with Gasteiger partial charge in [0.25, 0.3) is 0 Å². The Morgan fingerprint density at radius 3 is 2.44 bits per heavy atom. The zero-order valence-electron chi connectivity index (χ0n) is 9.15. The molecule has 0 spiro atoms. The first-order chi connectivity index (χ1) is 8.45. The van der Waals surface area contributed by atoms with Crippen LogP contribution in [0.5, 0.6) is 0 Å². The molecule has 0 bridgehead atoms. The number of hydrogen-bond acceptors (Lipinski definition) is 7.